The van der Waals surface area contributed by atoms with Crippen molar-refractivity contribution in [2.75, 3.05) is 4.90 Å². The van der Waals surface area contributed by atoms with E-state index in [0.717, 1.165) is 90.2 Å². The van der Waals surface area contributed by atoms with Crippen LogP contribution in [0.3, 0.4) is 0 Å². The van der Waals surface area contributed by atoms with Crippen molar-refractivity contribution in [1.29, 1.82) is 0 Å². The molecule has 0 unspecified atom stereocenters. The first-order valence-corrected chi connectivity index (χ1v) is 15.0. The smallest absolute Gasteiger partial charge is 0.114 e. The van der Waals surface area contributed by atoms with Crippen molar-refractivity contribution in [3.05, 3.63) is 139 Å². The monoisotopic (exact) mass is 565 g/mol. The normalized spacial score (nSPS) is 12.2. The maximum atomic E-state index is 5.09. The second kappa shape index (κ2) is 9.61. The minimum absolute atomic E-state index is 0.849. The summed E-state index contributed by atoms with van der Waals surface area (Å²) in [7, 11) is 0. The van der Waals surface area contributed by atoms with Crippen molar-refractivity contribution in [3.8, 4) is 28.1 Å². The van der Waals surface area contributed by atoms with Crippen LogP contribution in [0.4, 0.5) is 17.1 Å². The Morgan fingerprint density at radius 3 is 2.14 bits per heavy atom. The van der Waals surface area contributed by atoms with Crippen molar-refractivity contribution in [1.82, 2.24) is 19.5 Å². The summed E-state index contributed by atoms with van der Waals surface area (Å²) in [5.41, 5.74) is 12.9. The summed E-state index contributed by atoms with van der Waals surface area (Å²) < 4.78 is 2.36. The van der Waals surface area contributed by atoms with Gasteiger partial charge in [0, 0.05) is 40.2 Å². The molecule has 0 aliphatic carbocycles. The number of hydrogen-bond acceptors (Lipinski definition) is 4. The van der Waals surface area contributed by atoms with Crippen molar-refractivity contribution in [3.63, 3.8) is 0 Å². The molecule has 3 aromatic heterocycles. The number of nitrogens with zero attached hydrogens (tertiary/aromatic N) is 5. The molecule has 9 rings (SSSR count). The molecule has 0 fully saturated rings. The number of rotatable bonds is 4. The van der Waals surface area contributed by atoms with Gasteiger partial charge in [0.2, 0.25) is 0 Å². The molecule has 1 aliphatic rings. The highest BCUT2D eigenvalue weighted by molar-refractivity contribution is 6.08. The van der Waals surface area contributed by atoms with Crippen LogP contribution in [0.2, 0.25) is 0 Å². The molecular weight excluding hydrogens is 538 g/mol. The van der Waals surface area contributed by atoms with Crippen molar-refractivity contribution in [2.45, 2.75) is 13.3 Å². The van der Waals surface area contributed by atoms with Crippen molar-refractivity contribution >= 4 is 49.9 Å². The molecule has 5 aromatic carbocycles. The molecule has 1 aliphatic heterocycles. The summed E-state index contributed by atoms with van der Waals surface area (Å²) in [6.07, 6.45) is 2.68. The Hall–Kier alpha value is -5.81. The molecule has 44 heavy (non-hydrogen) atoms. The SMILES string of the molecule is CCc1nc2ccc(-c3ccc(-c4ccc5ccc6cccnc6c5n4)cc3)c3c2n1-c1ccccc1N3c1ccccc1. The van der Waals surface area contributed by atoms with Crippen LogP contribution in [0.1, 0.15) is 12.7 Å². The summed E-state index contributed by atoms with van der Waals surface area (Å²) in [6.45, 7) is 2.18. The lowest BCUT2D eigenvalue weighted by molar-refractivity contribution is 0.900. The highest BCUT2D eigenvalue weighted by Gasteiger charge is 2.31. The zero-order valence-electron chi connectivity index (χ0n) is 24.1. The van der Waals surface area contributed by atoms with E-state index in [-0.39, 0.29) is 0 Å². The second-order valence-corrected chi connectivity index (χ2v) is 11.2. The summed E-state index contributed by atoms with van der Waals surface area (Å²) in [4.78, 5) is 17.2. The molecule has 5 heteroatoms. The number of imidazole rings is 1. The van der Waals surface area contributed by atoms with E-state index in [4.69, 9.17) is 9.97 Å². The zero-order chi connectivity index (χ0) is 29.2. The van der Waals surface area contributed by atoms with Gasteiger partial charge in [0.25, 0.3) is 0 Å². The molecule has 0 amide bonds. The molecule has 0 saturated carbocycles. The van der Waals surface area contributed by atoms with Gasteiger partial charge in [-0.3, -0.25) is 9.55 Å². The first-order valence-electron chi connectivity index (χ1n) is 15.0. The number of pyridine rings is 2. The van der Waals surface area contributed by atoms with Crippen LogP contribution in [0.15, 0.2) is 134 Å². The largest absolute Gasteiger partial charge is 0.306 e. The highest BCUT2D eigenvalue weighted by atomic mass is 15.2. The second-order valence-electron chi connectivity index (χ2n) is 11.2. The van der Waals surface area contributed by atoms with Gasteiger partial charge < -0.3 is 4.90 Å². The van der Waals surface area contributed by atoms with Crippen molar-refractivity contribution < 1.29 is 0 Å². The van der Waals surface area contributed by atoms with Crippen LogP contribution < -0.4 is 4.90 Å². The van der Waals surface area contributed by atoms with Crippen molar-refractivity contribution in [2.24, 2.45) is 0 Å². The van der Waals surface area contributed by atoms with E-state index >= 15 is 0 Å². The number of para-hydroxylation sites is 3. The van der Waals surface area contributed by atoms with Gasteiger partial charge in [-0.15, -0.1) is 0 Å². The zero-order valence-corrected chi connectivity index (χ0v) is 24.1. The van der Waals surface area contributed by atoms with Crippen LogP contribution in [0.25, 0.3) is 60.9 Å². The Morgan fingerprint density at radius 2 is 1.32 bits per heavy atom. The lowest BCUT2D eigenvalue weighted by Crippen LogP contribution is -2.19. The summed E-state index contributed by atoms with van der Waals surface area (Å²) >= 11 is 0. The fourth-order valence-corrected chi connectivity index (χ4v) is 6.67. The predicted octanol–water partition coefficient (Wildman–Crippen LogP) is 9.80. The summed E-state index contributed by atoms with van der Waals surface area (Å²) in [6, 6.07) is 45.0. The standard InChI is InChI=1S/C39H27N5/c1-2-35-41-32-23-21-30(38-39(32)44(35)34-13-7-6-12-33(34)43(38)29-10-4-3-5-11-29)25-14-16-26(17-15-25)31-22-20-28-19-18-27-9-8-24-40-36(27)37(28)42-31/h3-24H,2H2,1H3. The number of benzene rings is 5. The Balaban J connectivity index is 1.23. The van der Waals surface area contributed by atoms with Crippen LogP contribution in [0, 0.1) is 0 Å². The molecule has 0 bridgehead atoms. The topological polar surface area (TPSA) is 46.8 Å². The van der Waals surface area contributed by atoms with Gasteiger partial charge in [-0.1, -0.05) is 85.8 Å². The van der Waals surface area contributed by atoms with Gasteiger partial charge in [0.1, 0.15) is 5.82 Å². The number of aryl methyl sites for hydroxylation is 1. The Morgan fingerprint density at radius 1 is 0.591 bits per heavy atom. The highest BCUT2D eigenvalue weighted by Crippen LogP contribution is 2.51. The Bertz CT molecular complexity index is 2370. The van der Waals surface area contributed by atoms with E-state index in [0.29, 0.717) is 0 Å². The van der Waals surface area contributed by atoms with Gasteiger partial charge in [0.05, 0.1) is 44.8 Å². The van der Waals surface area contributed by atoms with E-state index in [2.05, 4.69) is 143 Å². The van der Waals surface area contributed by atoms with Crippen LogP contribution in [-0.4, -0.2) is 19.5 Å². The van der Waals surface area contributed by atoms with Gasteiger partial charge in [-0.2, -0.15) is 0 Å². The first-order chi connectivity index (χ1) is 21.8. The quantitative estimate of drug-likeness (QED) is 0.199. The van der Waals surface area contributed by atoms with Gasteiger partial charge in [-0.05, 0) is 54.1 Å². The summed E-state index contributed by atoms with van der Waals surface area (Å²) in [5.74, 6) is 1.07. The lowest BCUT2D eigenvalue weighted by atomic mass is 9.97. The Kier molecular flexibility index (Phi) is 5.41. The molecular formula is C39H27N5. The van der Waals surface area contributed by atoms with Crippen LogP contribution >= 0.6 is 0 Å². The van der Waals surface area contributed by atoms with E-state index in [9.17, 15) is 0 Å². The molecule has 4 heterocycles. The Labute approximate surface area is 254 Å². The molecule has 0 saturated heterocycles. The third kappa shape index (κ3) is 3.62. The number of fused-ring (bicyclic) bond motifs is 5. The molecule has 0 radical (unpaired) electrons. The molecule has 0 spiro atoms. The average molecular weight is 566 g/mol. The predicted molar refractivity (Wildman–Crippen MR) is 180 cm³/mol. The van der Waals surface area contributed by atoms with Gasteiger partial charge in [-0.25, -0.2) is 9.97 Å². The van der Waals surface area contributed by atoms with E-state index in [1.807, 2.05) is 12.3 Å². The van der Waals surface area contributed by atoms with E-state index in [1.54, 1.807) is 0 Å². The minimum atomic E-state index is 0.849. The van der Waals surface area contributed by atoms with Crippen LogP contribution in [0.5, 0.6) is 0 Å². The summed E-state index contributed by atoms with van der Waals surface area (Å²) in [5, 5.41) is 2.19. The first kappa shape index (κ1) is 24.8. The van der Waals surface area contributed by atoms with Gasteiger partial charge in [0.15, 0.2) is 0 Å². The molecule has 208 valence electrons. The third-order valence-electron chi connectivity index (χ3n) is 8.70. The number of aromatic nitrogens is 4. The number of anilines is 3. The maximum absolute atomic E-state index is 5.09. The fourth-order valence-electron chi connectivity index (χ4n) is 6.67. The number of hydrogen-bond donors (Lipinski definition) is 0. The molecule has 8 aromatic rings. The third-order valence-corrected chi connectivity index (χ3v) is 8.70. The molecule has 0 N–H and O–H groups in total. The minimum Gasteiger partial charge on any atom is -0.306 e. The molecule has 0 atom stereocenters. The fraction of sp³-hybridized carbons (Fsp3) is 0.0513. The van der Waals surface area contributed by atoms with Gasteiger partial charge >= 0.3 is 0 Å². The lowest BCUT2D eigenvalue weighted by Gasteiger charge is -2.34. The average Bonchev–Trinajstić information content (AvgIpc) is 3.48. The maximum Gasteiger partial charge on any atom is 0.114 e. The van der Waals surface area contributed by atoms with E-state index in [1.165, 1.54) is 0 Å². The van der Waals surface area contributed by atoms with Crippen LogP contribution in [-0.2, 0) is 6.42 Å². The molecule has 5 nitrogen and oxygen atoms in total. The van der Waals surface area contributed by atoms with E-state index < -0.39 is 0 Å².